The van der Waals surface area contributed by atoms with Crippen molar-refractivity contribution in [2.24, 2.45) is 0 Å². The van der Waals surface area contributed by atoms with E-state index >= 15 is 0 Å². The Balaban J connectivity index is 1.99. The maximum Gasteiger partial charge on any atom is 0.258 e. The molecule has 1 amide bonds. The molecule has 7 heteroatoms. The number of hydrogen-bond donors (Lipinski definition) is 1. The van der Waals surface area contributed by atoms with E-state index in [0.29, 0.717) is 22.8 Å². The predicted octanol–water partition coefficient (Wildman–Crippen LogP) is 2.60. The van der Waals surface area contributed by atoms with Crippen LogP contribution in [0, 0.1) is 0 Å². The maximum absolute atomic E-state index is 12.0. The van der Waals surface area contributed by atoms with E-state index in [0.717, 1.165) is 10.9 Å². The monoisotopic (exact) mass is 383 g/mol. The number of halogens is 1. The molecule has 0 aromatic carbocycles. The number of carbonyl (C=O) groups excluding carboxylic acids is 1. The van der Waals surface area contributed by atoms with E-state index < -0.39 is 0 Å². The van der Waals surface area contributed by atoms with Crippen LogP contribution in [0.3, 0.4) is 0 Å². The van der Waals surface area contributed by atoms with Crippen LogP contribution in [-0.2, 0) is 10.5 Å². The fourth-order valence-corrected chi connectivity index (χ4v) is 2.93. The number of pyridine rings is 1. The van der Waals surface area contributed by atoms with Crippen molar-refractivity contribution in [3.63, 3.8) is 0 Å². The molecule has 2 aromatic heterocycles. The first kappa shape index (κ1) is 17.0. The molecule has 0 aliphatic carbocycles. The summed E-state index contributed by atoms with van der Waals surface area (Å²) in [4.78, 5) is 28.2. The molecule has 1 atom stereocenters. The maximum atomic E-state index is 12.0. The van der Waals surface area contributed by atoms with Gasteiger partial charge in [0, 0.05) is 28.5 Å². The molecular weight excluding hydrogens is 366 g/mol. The summed E-state index contributed by atoms with van der Waals surface area (Å²) in [5.41, 5.74) is 1.18. The Morgan fingerprint density at radius 3 is 3.00 bits per heavy atom. The normalized spacial score (nSPS) is 12.3. The molecule has 5 nitrogen and oxygen atoms in total. The highest BCUT2D eigenvalue weighted by Gasteiger charge is 2.07. The van der Waals surface area contributed by atoms with E-state index in [2.05, 4.69) is 26.2 Å². The predicted molar refractivity (Wildman–Crippen MR) is 93.2 cm³/mol. The molecule has 0 saturated heterocycles. The van der Waals surface area contributed by atoms with Crippen LogP contribution in [0.25, 0.3) is 5.65 Å². The molecule has 118 valence electrons. The number of carbonyl (C=O) groups is 1. The zero-order valence-corrected chi connectivity index (χ0v) is 14.9. The SMILES string of the molecule is CC[C@@H](C)NC(=O)CSCc1cc(=O)n2cc(Br)ccc2n1. The van der Waals surface area contributed by atoms with Crippen LogP contribution in [0.2, 0.25) is 0 Å². The highest BCUT2D eigenvalue weighted by Crippen LogP contribution is 2.12. The number of aromatic nitrogens is 2. The van der Waals surface area contributed by atoms with Crippen LogP contribution < -0.4 is 10.9 Å². The van der Waals surface area contributed by atoms with Gasteiger partial charge in [-0.2, -0.15) is 0 Å². The van der Waals surface area contributed by atoms with Gasteiger partial charge in [0.15, 0.2) is 0 Å². The number of nitrogens with zero attached hydrogens (tertiary/aromatic N) is 2. The van der Waals surface area contributed by atoms with Crippen LogP contribution in [0.1, 0.15) is 26.0 Å². The molecule has 0 bridgehead atoms. The number of nitrogens with one attached hydrogen (secondary N) is 1. The first-order chi connectivity index (χ1) is 10.5. The number of fused-ring (bicyclic) bond motifs is 1. The molecule has 1 N–H and O–H groups in total. The quantitative estimate of drug-likeness (QED) is 0.832. The zero-order valence-electron chi connectivity index (χ0n) is 12.5. The Kier molecular flexibility index (Phi) is 6.02. The Labute approximate surface area is 141 Å². The van der Waals surface area contributed by atoms with Crippen LogP contribution in [0.15, 0.2) is 33.7 Å². The third-order valence-corrected chi connectivity index (χ3v) is 4.61. The first-order valence-electron chi connectivity index (χ1n) is 7.04. The summed E-state index contributed by atoms with van der Waals surface area (Å²) in [5, 5.41) is 2.91. The lowest BCUT2D eigenvalue weighted by Crippen LogP contribution is -2.33. The molecule has 2 heterocycles. The van der Waals surface area contributed by atoms with Gasteiger partial charge in [0.2, 0.25) is 5.91 Å². The zero-order chi connectivity index (χ0) is 16.1. The van der Waals surface area contributed by atoms with Crippen LogP contribution in [0.4, 0.5) is 0 Å². The van der Waals surface area contributed by atoms with E-state index in [1.165, 1.54) is 22.2 Å². The first-order valence-corrected chi connectivity index (χ1v) is 8.99. The smallest absolute Gasteiger partial charge is 0.258 e. The van der Waals surface area contributed by atoms with Crippen molar-refractivity contribution in [1.29, 1.82) is 0 Å². The summed E-state index contributed by atoms with van der Waals surface area (Å²) in [6, 6.07) is 5.34. The van der Waals surface area contributed by atoms with Gasteiger partial charge in [-0.25, -0.2) is 4.98 Å². The number of hydrogen-bond acceptors (Lipinski definition) is 4. The summed E-state index contributed by atoms with van der Waals surface area (Å²) in [6.07, 6.45) is 2.61. The Bertz CT molecular complexity index is 732. The van der Waals surface area contributed by atoms with Crippen molar-refractivity contribution >= 4 is 39.2 Å². The average Bonchev–Trinajstić information content (AvgIpc) is 2.48. The summed E-state index contributed by atoms with van der Waals surface area (Å²) in [6.45, 7) is 4.01. The molecule has 2 aromatic rings. The summed E-state index contributed by atoms with van der Waals surface area (Å²) < 4.78 is 2.32. The minimum Gasteiger partial charge on any atom is -0.353 e. The lowest BCUT2D eigenvalue weighted by Gasteiger charge is -2.10. The topological polar surface area (TPSA) is 63.5 Å². The molecule has 0 radical (unpaired) electrons. The van der Waals surface area contributed by atoms with Crippen LogP contribution in [-0.4, -0.2) is 27.1 Å². The Morgan fingerprint density at radius 2 is 2.27 bits per heavy atom. The molecule has 0 unspecified atom stereocenters. The summed E-state index contributed by atoms with van der Waals surface area (Å²) in [5.74, 6) is 0.919. The van der Waals surface area contributed by atoms with E-state index in [1.54, 1.807) is 12.3 Å². The van der Waals surface area contributed by atoms with Gasteiger partial charge in [-0.05, 0) is 41.4 Å². The largest absolute Gasteiger partial charge is 0.353 e. The van der Waals surface area contributed by atoms with Crippen molar-refractivity contribution in [2.75, 3.05) is 5.75 Å². The van der Waals surface area contributed by atoms with Crippen LogP contribution in [0.5, 0.6) is 0 Å². The van der Waals surface area contributed by atoms with Gasteiger partial charge in [-0.15, -0.1) is 11.8 Å². The van der Waals surface area contributed by atoms with E-state index in [-0.39, 0.29) is 17.5 Å². The second-order valence-corrected chi connectivity index (χ2v) is 6.93. The molecule has 0 spiro atoms. The standard InChI is InChI=1S/C15H18BrN3O2S/c1-3-10(2)17-14(20)9-22-8-12-6-15(21)19-7-11(16)4-5-13(19)18-12/h4-7,10H,3,8-9H2,1-2H3,(H,17,20)/t10-/m1/s1. The van der Waals surface area contributed by atoms with E-state index in [1.807, 2.05) is 19.9 Å². The van der Waals surface area contributed by atoms with Crippen molar-refractivity contribution in [3.05, 3.63) is 44.9 Å². The third kappa shape index (κ3) is 4.58. The van der Waals surface area contributed by atoms with Crippen molar-refractivity contribution in [2.45, 2.75) is 32.1 Å². The molecule has 2 rings (SSSR count). The van der Waals surface area contributed by atoms with Gasteiger partial charge < -0.3 is 5.32 Å². The fraction of sp³-hybridized carbons (Fsp3) is 0.400. The highest BCUT2D eigenvalue weighted by atomic mass is 79.9. The van der Waals surface area contributed by atoms with Gasteiger partial charge in [0.05, 0.1) is 11.4 Å². The van der Waals surface area contributed by atoms with Crippen molar-refractivity contribution in [1.82, 2.24) is 14.7 Å². The minimum absolute atomic E-state index is 0.0146. The Morgan fingerprint density at radius 1 is 1.50 bits per heavy atom. The van der Waals surface area contributed by atoms with Gasteiger partial charge in [0.1, 0.15) is 5.65 Å². The van der Waals surface area contributed by atoms with Crippen molar-refractivity contribution in [3.8, 4) is 0 Å². The van der Waals surface area contributed by atoms with Gasteiger partial charge in [-0.1, -0.05) is 6.92 Å². The second-order valence-electron chi connectivity index (χ2n) is 5.03. The summed E-state index contributed by atoms with van der Waals surface area (Å²) in [7, 11) is 0. The van der Waals surface area contributed by atoms with E-state index in [4.69, 9.17) is 0 Å². The molecule has 0 saturated carbocycles. The molecular formula is C15H18BrN3O2S. The molecule has 22 heavy (non-hydrogen) atoms. The average molecular weight is 384 g/mol. The Hall–Kier alpha value is -1.34. The third-order valence-electron chi connectivity index (χ3n) is 3.18. The highest BCUT2D eigenvalue weighted by molar-refractivity contribution is 9.10. The number of amides is 1. The fourth-order valence-electron chi connectivity index (χ4n) is 1.87. The lowest BCUT2D eigenvalue weighted by atomic mass is 10.3. The van der Waals surface area contributed by atoms with Crippen LogP contribution >= 0.6 is 27.7 Å². The van der Waals surface area contributed by atoms with Gasteiger partial charge in [0.25, 0.3) is 5.56 Å². The second kappa shape index (κ2) is 7.78. The molecule has 0 aliphatic rings. The van der Waals surface area contributed by atoms with Gasteiger partial charge >= 0.3 is 0 Å². The summed E-state index contributed by atoms with van der Waals surface area (Å²) >= 11 is 4.79. The van der Waals surface area contributed by atoms with Crippen molar-refractivity contribution < 1.29 is 4.79 Å². The van der Waals surface area contributed by atoms with Gasteiger partial charge in [-0.3, -0.25) is 14.0 Å². The van der Waals surface area contributed by atoms with E-state index in [9.17, 15) is 9.59 Å². The number of rotatable bonds is 6. The minimum atomic E-state index is -0.119. The molecule has 0 aliphatic heterocycles. The molecule has 0 fully saturated rings. The number of thioether (sulfide) groups is 1. The lowest BCUT2D eigenvalue weighted by molar-refractivity contribution is -0.119.